The van der Waals surface area contributed by atoms with Gasteiger partial charge in [-0.25, -0.2) is 0 Å². The monoisotopic (exact) mass is 245 g/mol. The summed E-state index contributed by atoms with van der Waals surface area (Å²) in [6, 6.07) is 9.86. The standard InChI is InChI=1S/C17H27N/c1-3-4-5-6-11-18-17-12-16(13-17)15-9-7-14(2)8-10-15/h7-10,16-18H,3-6,11-13H2,1-2H3. The average molecular weight is 245 g/mol. The Morgan fingerprint density at radius 2 is 1.78 bits per heavy atom. The average Bonchev–Trinajstić information content (AvgIpc) is 2.33. The summed E-state index contributed by atoms with van der Waals surface area (Å²) in [7, 11) is 0. The summed E-state index contributed by atoms with van der Waals surface area (Å²) in [6.07, 6.45) is 8.11. The van der Waals surface area contributed by atoms with Crippen LogP contribution in [-0.2, 0) is 0 Å². The van der Waals surface area contributed by atoms with Crippen LogP contribution in [0.4, 0.5) is 0 Å². The van der Waals surface area contributed by atoms with E-state index in [2.05, 4.69) is 43.4 Å². The van der Waals surface area contributed by atoms with Gasteiger partial charge in [0.05, 0.1) is 0 Å². The van der Waals surface area contributed by atoms with Crippen LogP contribution in [0.2, 0.25) is 0 Å². The van der Waals surface area contributed by atoms with E-state index in [9.17, 15) is 0 Å². The van der Waals surface area contributed by atoms with Gasteiger partial charge in [0, 0.05) is 6.04 Å². The lowest BCUT2D eigenvalue weighted by Gasteiger charge is -2.36. The van der Waals surface area contributed by atoms with E-state index < -0.39 is 0 Å². The van der Waals surface area contributed by atoms with Crippen LogP contribution in [-0.4, -0.2) is 12.6 Å². The van der Waals surface area contributed by atoms with Crippen molar-refractivity contribution in [1.82, 2.24) is 5.32 Å². The van der Waals surface area contributed by atoms with E-state index in [1.54, 1.807) is 0 Å². The van der Waals surface area contributed by atoms with Crippen molar-refractivity contribution >= 4 is 0 Å². The highest BCUT2D eigenvalue weighted by Gasteiger charge is 2.29. The minimum Gasteiger partial charge on any atom is -0.314 e. The highest BCUT2D eigenvalue weighted by atomic mass is 14.9. The molecule has 0 spiro atoms. The molecule has 0 heterocycles. The molecule has 0 saturated heterocycles. The predicted molar refractivity (Wildman–Crippen MR) is 79.1 cm³/mol. The first-order valence-corrected chi connectivity index (χ1v) is 7.59. The highest BCUT2D eigenvalue weighted by Crippen LogP contribution is 2.36. The number of unbranched alkanes of at least 4 members (excludes halogenated alkanes) is 3. The van der Waals surface area contributed by atoms with Crippen molar-refractivity contribution in [3.05, 3.63) is 35.4 Å². The number of hydrogen-bond acceptors (Lipinski definition) is 1. The Hall–Kier alpha value is -0.820. The normalized spacial score (nSPS) is 22.8. The van der Waals surface area contributed by atoms with Crippen molar-refractivity contribution in [2.75, 3.05) is 6.54 Å². The summed E-state index contributed by atoms with van der Waals surface area (Å²) >= 11 is 0. The third-order valence-corrected chi connectivity index (χ3v) is 4.15. The maximum absolute atomic E-state index is 3.69. The molecular weight excluding hydrogens is 218 g/mol. The molecule has 1 aromatic carbocycles. The van der Waals surface area contributed by atoms with Crippen LogP contribution < -0.4 is 5.32 Å². The van der Waals surface area contributed by atoms with Crippen LogP contribution in [0.3, 0.4) is 0 Å². The molecule has 1 aromatic rings. The zero-order valence-corrected chi connectivity index (χ0v) is 11.9. The first kappa shape index (κ1) is 13.6. The molecule has 100 valence electrons. The lowest BCUT2D eigenvalue weighted by Crippen LogP contribution is -2.40. The van der Waals surface area contributed by atoms with Crippen molar-refractivity contribution in [1.29, 1.82) is 0 Å². The lowest BCUT2D eigenvalue weighted by atomic mass is 9.76. The molecule has 1 aliphatic rings. The number of benzene rings is 1. The third-order valence-electron chi connectivity index (χ3n) is 4.15. The Bertz CT molecular complexity index is 335. The highest BCUT2D eigenvalue weighted by molar-refractivity contribution is 5.26. The fourth-order valence-corrected chi connectivity index (χ4v) is 2.75. The summed E-state index contributed by atoms with van der Waals surface area (Å²) in [5.41, 5.74) is 2.90. The van der Waals surface area contributed by atoms with Gasteiger partial charge in [0.2, 0.25) is 0 Å². The van der Waals surface area contributed by atoms with Gasteiger partial charge in [0.1, 0.15) is 0 Å². The molecule has 1 nitrogen and oxygen atoms in total. The van der Waals surface area contributed by atoms with Gasteiger partial charge in [-0.15, -0.1) is 0 Å². The van der Waals surface area contributed by atoms with Crippen LogP contribution in [0.15, 0.2) is 24.3 Å². The largest absolute Gasteiger partial charge is 0.314 e. The summed E-state index contributed by atoms with van der Waals surface area (Å²) in [5, 5.41) is 3.69. The second-order valence-corrected chi connectivity index (χ2v) is 5.79. The summed E-state index contributed by atoms with van der Waals surface area (Å²) in [4.78, 5) is 0. The van der Waals surface area contributed by atoms with E-state index in [0.717, 1.165) is 12.0 Å². The minimum absolute atomic E-state index is 0.776. The van der Waals surface area contributed by atoms with Gasteiger partial charge in [-0.1, -0.05) is 56.0 Å². The number of hydrogen-bond donors (Lipinski definition) is 1. The Kier molecular flexibility index (Phi) is 5.25. The Balaban J connectivity index is 1.60. The molecule has 1 N–H and O–H groups in total. The summed E-state index contributed by atoms with van der Waals surface area (Å²) in [6.45, 7) is 5.64. The molecule has 1 heteroatoms. The Labute approximate surface area is 112 Å². The topological polar surface area (TPSA) is 12.0 Å². The Morgan fingerprint density at radius 1 is 1.06 bits per heavy atom. The number of aryl methyl sites for hydroxylation is 1. The second kappa shape index (κ2) is 6.94. The fourth-order valence-electron chi connectivity index (χ4n) is 2.75. The number of rotatable bonds is 7. The predicted octanol–water partition coefficient (Wildman–Crippen LogP) is 4.41. The first-order valence-electron chi connectivity index (χ1n) is 7.59. The van der Waals surface area contributed by atoms with Crippen LogP contribution in [0.25, 0.3) is 0 Å². The quantitative estimate of drug-likeness (QED) is 0.702. The molecular formula is C17H27N. The van der Waals surface area contributed by atoms with Gasteiger partial charge in [0.25, 0.3) is 0 Å². The number of nitrogens with one attached hydrogen (secondary N) is 1. The minimum atomic E-state index is 0.776. The van der Waals surface area contributed by atoms with Gasteiger partial charge in [-0.2, -0.15) is 0 Å². The van der Waals surface area contributed by atoms with E-state index in [-0.39, 0.29) is 0 Å². The van der Waals surface area contributed by atoms with Gasteiger partial charge in [-0.05, 0) is 44.2 Å². The zero-order chi connectivity index (χ0) is 12.8. The Morgan fingerprint density at radius 3 is 2.44 bits per heavy atom. The van der Waals surface area contributed by atoms with E-state index in [1.807, 2.05) is 0 Å². The fraction of sp³-hybridized carbons (Fsp3) is 0.647. The van der Waals surface area contributed by atoms with Gasteiger partial charge < -0.3 is 5.32 Å². The molecule has 1 saturated carbocycles. The molecule has 1 fully saturated rings. The summed E-state index contributed by atoms with van der Waals surface area (Å²) in [5.74, 6) is 0.804. The van der Waals surface area contributed by atoms with Gasteiger partial charge in [-0.3, -0.25) is 0 Å². The van der Waals surface area contributed by atoms with Crippen LogP contribution >= 0.6 is 0 Å². The van der Waals surface area contributed by atoms with Crippen LogP contribution in [0.1, 0.15) is 62.5 Å². The van der Waals surface area contributed by atoms with Crippen molar-refractivity contribution < 1.29 is 0 Å². The van der Waals surface area contributed by atoms with Crippen molar-refractivity contribution in [2.24, 2.45) is 0 Å². The van der Waals surface area contributed by atoms with Gasteiger partial charge >= 0.3 is 0 Å². The van der Waals surface area contributed by atoms with E-state index >= 15 is 0 Å². The molecule has 0 atom stereocenters. The molecule has 2 rings (SSSR count). The molecule has 1 aliphatic carbocycles. The van der Waals surface area contributed by atoms with Crippen LogP contribution in [0, 0.1) is 6.92 Å². The maximum Gasteiger partial charge on any atom is 0.00787 e. The molecule has 0 amide bonds. The van der Waals surface area contributed by atoms with Crippen LogP contribution in [0.5, 0.6) is 0 Å². The molecule has 0 aliphatic heterocycles. The first-order chi connectivity index (χ1) is 8.79. The lowest BCUT2D eigenvalue weighted by molar-refractivity contribution is 0.289. The molecule has 18 heavy (non-hydrogen) atoms. The SMILES string of the molecule is CCCCCCNC1CC(c2ccc(C)cc2)C1. The van der Waals surface area contributed by atoms with E-state index in [1.165, 1.54) is 56.2 Å². The van der Waals surface area contributed by atoms with Crippen molar-refractivity contribution in [3.63, 3.8) is 0 Å². The molecule has 0 aromatic heterocycles. The van der Waals surface area contributed by atoms with Gasteiger partial charge in [0.15, 0.2) is 0 Å². The molecule has 0 radical (unpaired) electrons. The van der Waals surface area contributed by atoms with Crippen molar-refractivity contribution in [3.8, 4) is 0 Å². The maximum atomic E-state index is 3.69. The smallest absolute Gasteiger partial charge is 0.00787 e. The third kappa shape index (κ3) is 3.84. The van der Waals surface area contributed by atoms with Crippen molar-refractivity contribution in [2.45, 2.75) is 64.3 Å². The molecule has 0 unspecified atom stereocenters. The zero-order valence-electron chi connectivity index (χ0n) is 11.9. The molecule has 0 bridgehead atoms. The van der Waals surface area contributed by atoms with E-state index in [4.69, 9.17) is 0 Å². The second-order valence-electron chi connectivity index (χ2n) is 5.79. The van der Waals surface area contributed by atoms with E-state index in [0.29, 0.717) is 0 Å². The summed E-state index contributed by atoms with van der Waals surface area (Å²) < 4.78 is 0.